The Labute approximate surface area is 175 Å². The highest BCUT2D eigenvalue weighted by Gasteiger charge is 2.62. The molecule has 0 saturated heterocycles. The summed E-state index contributed by atoms with van der Waals surface area (Å²) in [5.74, 6) is -1.18. The number of carbonyl (C=O) groups is 1. The number of benzene rings is 1. The summed E-state index contributed by atoms with van der Waals surface area (Å²) >= 11 is 12.9. The molecule has 0 saturated carbocycles. The molecule has 1 unspecified atom stereocenters. The number of halogens is 5. The Morgan fingerprint density at radius 1 is 1.24 bits per heavy atom. The number of rotatable bonds is 3. The highest BCUT2D eigenvalue weighted by molar-refractivity contribution is 7.17. The third kappa shape index (κ3) is 3.23. The number of aromatic carboxylic acids is 1. The van der Waals surface area contributed by atoms with E-state index in [2.05, 4.69) is 10.1 Å². The zero-order valence-corrected chi connectivity index (χ0v) is 16.5. The van der Waals surface area contributed by atoms with Crippen LogP contribution in [-0.4, -0.2) is 27.9 Å². The number of thiophene rings is 1. The molecule has 1 aliphatic heterocycles. The van der Waals surface area contributed by atoms with Gasteiger partial charge in [-0.25, -0.2) is 4.79 Å². The first-order valence-electron chi connectivity index (χ1n) is 8.00. The number of oxime groups is 1. The number of nitrogens with zero attached hydrogens (tertiary/aromatic N) is 2. The van der Waals surface area contributed by atoms with E-state index in [1.165, 1.54) is 6.07 Å². The smallest absolute Gasteiger partial charge is 0.435 e. The maximum Gasteiger partial charge on any atom is 0.435 e. The van der Waals surface area contributed by atoms with Crippen molar-refractivity contribution < 1.29 is 27.9 Å². The van der Waals surface area contributed by atoms with E-state index in [0.29, 0.717) is 10.1 Å². The molecule has 3 heterocycles. The number of fused-ring (bicyclic) bond motifs is 1. The summed E-state index contributed by atoms with van der Waals surface area (Å²) in [6.07, 6.45) is -4.40. The molecule has 29 heavy (non-hydrogen) atoms. The van der Waals surface area contributed by atoms with Crippen molar-refractivity contribution in [3.63, 3.8) is 0 Å². The van der Waals surface area contributed by atoms with Crippen LogP contribution in [0.4, 0.5) is 13.2 Å². The van der Waals surface area contributed by atoms with Crippen molar-refractivity contribution >= 4 is 56.3 Å². The molecule has 0 aliphatic carbocycles. The predicted octanol–water partition coefficient (Wildman–Crippen LogP) is 5.88. The fourth-order valence-electron chi connectivity index (χ4n) is 3.16. The van der Waals surface area contributed by atoms with Crippen LogP contribution >= 0.6 is 34.5 Å². The number of carboxylic acids is 1. The molecule has 1 atom stereocenters. The van der Waals surface area contributed by atoms with Crippen LogP contribution in [0.15, 0.2) is 41.0 Å². The molecule has 2 aromatic heterocycles. The Kier molecular flexibility index (Phi) is 4.71. The van der Waals surface area contributed by atoms with Crippen molar-refractivity contribution in [2.45, 2.75) is 18.2 Å². The number of pyridine rings is 1. The van der Waals surface area contributed by atoms with Crippen molar-refractivity contribution in [2.24, 2.45) is 5.16 Å². The Hall–Kier alpha value is -2.36. The Morgan fingerprint density at radius 3 is 2.55 bits per heavy atom. The molecule has 1 aliphatic rings. The van der Waals surface area contributed by atoms with E-state index in [1.807, 2.05) is 0 Å². The maximum absolute atomic E-state index is 14.1. The van der Waals surface area contributed by atoms with Gasteiger partial charge < -0.3 is 9.94 Å². The molecule has 0 bridgehead atoms. The van der Waals surface area contributed by atoms with Crippen molar-refractivity contribution in [1.82, 2.24) is 4.98 Å². The van der Waals surface area contributed by atoms with Gasteiger partial charge in [-0.15, -0.1) is 11.3 Å². The van der Waals surface area contributed by atoms with Gasteiger partial charge in [0.15, 0.2) is 0 Å². The van der Waals surface area contributed by atoms with Crippen LogP contribution in [0, 0.1) is 0 Å². The van der Waals surface area contributed by atoms with Gasteiger partial charge in [0, 0.05) is 27.2 Å². The third-order valence-electron chi connectivity index (χ3n) is 4.51. The van der Waals surface area contributed by atoms with E-state index in [4.69, 9.17) is 28.0 Å². The highest BCUT2D eigenvalue weighted by Crippen LogP contribution is 2.50. The predicted molar refractivity (Wildman–Crippen MR) is 103 cm³/mol. The SMILES string of the molecule is O=C(O)c1cnc(C2=NOC(c3cc(Cl)cc(Cl)c3)(C(F)(F)F)C2)c2sccc12. The summed E-state index contributed by atoms with van der Waals surface area (Å²) in [5, 5.41) is 15.0. The summed E-state index contributed by atoms with van der Waals surface area (Å²) in [4.78, 5) is 20.4. The van der Waals surface area contributed by atoms with Gasteiger partial charge in [0.1, 0.15) is 11.4 Å². The summed E-state index contributed by atoms with van der Waals surface area (Å²) in [5.41, 5.74) is -3.03. The zero-order valence-electron chi connectivity index (χ0n) is 14.1. The lowest BCUT2D eigenvalue weighted by Crippen LogP contribution is -2.42. The standard InChI is InChI=1S/C18H9Cl2F3N2O3S/c19-9-3-8(4-10(20)5-9)17(18(21,22)23)6-13(25-28-17)14-15-11(1-2-29-15)12(7-24-14)16(26)27/h1-5,7H,6H2,(H,26,27). The quantitative estimate of drug-likeness (QED) is 0.529. The number of alkyl halides is 3. The molecule has 150 valence electrons. The minimum absolute atomic E-state index is 0.0257. The first kappa shape index (κ1) is 19.9. The fourth-order valence-corrected chi connectivity index (χ4v) is 4.61. The second kappa shape index (κ2) is 6.86. The second-order valence-electron chi connectivity index (χ2n) is 6.28. The normalized spacial score (nSPS) is 19.3. The van der Waals surface area contributed by atoms with Gasteiger partial charge in [-0.1, -0.05) is 28.4 Å². The molecular formula is C18H9Cl2F3N2O3S. The maximum atomic E-state index is 14.1. The van der Waals surface area contributed by atoms with Crippen LogP contribution in [0.2, 0.25) is 10.0 Å². The monoisotopic (exact) mass is 460 g/mol. The van der Waals surface area contributed by atoms with Gasteiger partial charge >= 0.3 is 12.1 Å². The van der Waals surface area contributed by atoms with Gasteiger partial charge in [-0.05, 0) is 29.6 Å². The summed E-state index contributed by atoms with van der Waals surface area (Å²) in [6, 6.07) is 5.13. The largest absolute Gasteiger partial charge is 0.478 e. The molecule has 1 N–H and O–H groups in total. The number of hydrogen-bond acceptors (Lipinski definition) is 5. The van der Waals surface area contributed by atoms with E-state index in [1.54, 1.807) is 11.4 Å². The Morgan fingerprint density at radius 2 is 1.93 bits per heavy atom. The lowest BCUT2D eigenvalue weighted by molar-refractivity contribution is -0.275. The average Bonchev–Trinajstić information content (AvgIpc) is 3.27. The molecule has 3 aromatic rings. The Balaban J connectivity index is 1.82. The van der Waals surface area contributed by atoms with Crippen LogP contribution < -0.4 is 0 Å². The van der Waals surface area contributed by atoms with Crippen LogP contribution in [0.25, 0.3) is 10.1 Å². The van der Waals surface area contributed by atoms with Gasteiger partial charge in [0.05, 0.1) is 16.7 Å². The van der Waals surface area contributed by atoms with E-state index in [-0.39, 0.29) is 32.6 Å². The molecule has 0 radical (unpaired) electrons. The summed E-state index contributed by atoms with van der Waals surface area (Å²) in [6.45, 7) is 0. The van der Waals surface area contributed by atoms with Crippen molar-refractivity contribution in [3.8, 4) is 0 Å². The molecule has 0 fully saturated rings. The van der Waals surface area contributed by atoms with Crippen LogP contribution in [0.3, 0.4) is 0 Å². The first-order chi connectivity index (χ1) is 13.6. The topological polar surface area (TPSA) is 71.8 Å². The van der Waals surface area contributed by atoms with Crippen LogP contribution in [-0.2, 0) is 10.4 Å². The molecular weight excluding hydrogens is 452 g/mol. The molecule has 0 amide bonds. The van der Waals surface area contributed by atoms with Crippen molar-refractivity contribution in [3.05, 3.63) is 62.7 Å². The summed E-state index contributed by atoms with van der Waals surface area (Å²) < 4.78 is 42.7. The molecule has 5 nitrogen and oxygen atoms in total. The van der Waals surface area contributed by atoms with E-state index < -0.39 is 24.2 Å². The molecule has 0 spiro atoms. The minimum atomic E-state index is -4.83. The first-order valence-corrected chi connectivity index (χ1v) is 9.64. The number of aromatic nitrogens is 1. The lowest BCUT2D eigenvalue weighted by Gasteiger charge is -2.29. The average molecular weight is 461 g/mol. The number of carboxylic acid groups (broad SMARTS) is 1. The van der Waals surface area contributed by atoms with Gasteiger partial charge in [-0.3, -0.25) is 4.98 Å². The fraction of sp³-hybridized carbons (Fsp3) is 0.167. The molecule has 1 aromatic carbocycles. The lowest BCUT2D eigenvalue weighted by atomic mass is 9.87. The van der Waals surface area contributed by atoms with E-state index >= 15 is 0 Å². The van der Waals surface area contributed by atoms with Crippen molar-refractivity contribution in [1.29, 1.82) is 0 Å². The van der Waals surface area contributed by atoms with E-state index in [0.717, 1.165) is 29.7 Å². The van der Waals surface area contributed by atoms with E-state index in [9.17, 15) is 23.1 Å². The third-order valence-corrected chi connectivity index (χ3v) is 5.87. The molecule has 11 heteroatoms. The Bertz CT molecular complexity index is 1160. The van der Waals surface area contributed by atoms with Crippen LogP contribution in [0.1, 0.15) is 28.0 Å². The minimum Gasteiger partial charge on any atom is -0.478 e. The van der Waals surface area contributed by atoms with Gasteiger partial charge in [-0.2, -0.15) is 13.2 Å². The highest BCUT2D eigenvalue weighted by atomic mass is 35.5. The zero-order chi connectivity index (χ0) is 21.0. The second-order valence-corrected chi connectivity index (χ2v) is 8.07. The van der Waals surface area contributed by atoms with Crippen molar-refractivity contribution in [2.75, 3.05) is 0 Å². The van der Waals surface area contributed by atoms with Gasteiger partial charge in [0.25, 0.3) is 5.60 Å². The summed E-state index contributed by atoms with van der Waals surface area (Å²) in [7, 11) is 0. The molecule has 4 rings (SSSR count). The number of hydrogen-bond donors (Lipinski definition) is 1. The van der Waals surface area contributed by atoms with Gasteiger partial charge in [0.2, 0.25) is 0 Å². The van der Waals surface area contributed by atoms with Crippen LogP contribution in [0.5, 0.6) is 0 Å².